The summed E-state index contributed by atoms with van der Waals surface area (Å²) in [5, 5.41) is 0. The van der Waals surface area contributed by atoms with Gasteiger partial charge in [0.15, 0.2) is 0 Å². The molecule has 0 bridgehead atoms. The standard InChI is InChI=1S/C9H21NS/c1-4-5-6-9(7-8-11)10(2)3/h9,11H,4-8H2,1-3H3. The van der Waals surface area contributed by atoms with Crippen LogP contribution in [0.5, 0.6) is 0 Å². The maximum atomic E-state index is 4.25. The average Bonchev–Trinajstić information content (AvgIpc) is 1.97. The minimum Gasteiger partial charge on any atom is -0.306 e. The molecule has 1 atom stereocenters. The molecule has 0 saturated heterocycles. The Morgan fingerprint density at radius 1 is 1.27 bits per heavy atom. The predicted molar refractivity (Wildman–Crippen MR) is 55.5 cm³/mol. The van der Waals surface area contributed by atoms with Gasteiger partial charge in [-0.25, -0.2) is 0 Å². The molecule has 0 aliphatic heterocycles. The van der Waals surface area contributed by atoms with Crippen LogP contribution in [0.1, 0.15) is 32.6 Å². The fourth-order valence-electron chi connectivity index (χ4n) is 1.25. The summed E-state index contributed by atoms with van der Waals surface area (Å²) in [5.74, 6) is 1.01. The Hall–Kier alpha value is 0.310. The van der Waals surface area contributed by atoms with E-state index in [1.54, 1.807) is 0 Å². The van der Waals surface area contributed by atoms with Crippen molar-refractivity contribution in [1.29, 1.82) is 0 Å². The van der Waals surface area contributed by atoms with E-state index in [4.69, 9.17) is 0 Å². The Kier molecular flexibility index (Phi) is 7.18. The van der Waals surface area contributed by atoms with Crippen molar-refractivity contribution in [3.8, 4) is 0 Å². The first-order chi connectivity index (χ1) is 5.22. The highest BCUT2D eigenvalue weighted by Crippen LogP contribution is 2.09. The van der Waals surface area contributed by atoms with Gasteiger partial charge >= 0.3 is 0 Å². The largest absolute Gasteiger partial charge is 0.306 e. The van der Waals surface area contributed by atoms with Crippen LogP contribution in [0.15, 0.2) is 0 Å². The van der Waals surface area contributed by atoms with E-state index < -0.39 is 0 Å². The highest BCUT2D eigenvalue weighted by molar-refractivity contribution is 7.80. The van der Waals surface area contributed by atoms with E-state index in [2.05, 4.69) is 38.5 Å². The Balaban J connectivity index is 3.51. The van der Waals surface area contributed by atoms with Crippen LogP contribution in [-0.2, 0) is 0 Å². The SMILES string of the molecule is CCCCC(CCS)N(C)C. The van der Waals surface area contributed by atoms with E-state index in [1.165, 1.54) is 25.7 Å². The Labute approximate surface area is 76.6 Å². The first kappa shape index (κ1) is 11.3. The zero-order valence-electron chi connectivity index (χ0n) is 8.01. The molecule has 0 rings (SSSR count). The second-order valence-corrected chi connectivity index (χ2v) is 3.72. The fourth-order valence-corrected chi connectivity index (χ4v) is 1.55. The molecule has 68 valence electrons. The molecule has 0 aromatic rings. The van der Waals surface area contributed by atoms with E-state index in [-0.39, 0.29) is 0 Å². The van der Waals surface area contributed by atoms with Crippen LogP contribution in [0, 0.1) is 0 Å². The van der Waals surface area contributed by atoms with Crippen molar-refractivity contribution in [2.75, 3.05) is 19.8 Å². The third-order valence-electron chi connectivity index (χ3n) is 2.08. The molecule has 0 radical (unpaired) electrons. The molecular weight excluding hydrogens is 154 g/mol. The Morgan fingerprint density at radius 3 is 2.27 bits per heavy atom. The lowest BCUT2D eigenvalue weighted by atomic mass is 10.1. The summed E-state index contributed by atoms with van der Waals surface area (Å²) in [5.41, 5.74) is 0. The van der Waals surface area contributed by atoms with Crippen molar-refractivity contribution < 1.29 is 0 Å². The highest BCUT2D eigenvalue weighted by Gasteiger charge is 2.08. The molecule has 0 heterocycles. The molecule has 0 aliphatic rings. The van der Waals surface area contributed by atoms with Crippen LogP contribution < -0.4 is 0 Å². The number of rotatable bonds is 6. The molecule has 2 heteroatoms. The van der Waals surface area contributed by atoms with Crippen molar-refractivity contribution >= 4 is 12.6 Å². The maximum absolute atomic E-state index is 4.25. The lowest BCUT2D eigenvalue weighted by Crippen LogP contribution is -2.28. The number of nitrogens with zero attached hydrogens (tertiary/aromatic N) is 1. The maximum Gasteiger partial charge on any atom is 0.00969 e. The number of unbranched alkanes of at least 4 members (excludes halogenated alkanes) is 1. The molecule has 0 saturated carbocycles. The average molecular weight is 175 g/mol. The summed E-state index contributed by atoms with van der Waals surface area (Å²) in [7, 11) is 4.31. The van der Waals surface area contributed by atoms with Crippen molar-refractivity contribution in [1.82, 2.24) is 4.90 Å². The van der Waals surface area contributed by atoms with Crippen LogP contribution in [0.2, 0.25) is 0 Å². The summed E-state index contributed by atoms with van der Waals surface area (Å²) in [6.45, 7) is 2.24. The number of thiol groups is 1. The normalized spacial score (nSPS) is 13.9. The quantitative estimate of drug-likeness (QED) is 0.607. The monoisotopic (exact) mass is 175 g/mol. The van der Waals surface area contributed by atoms with Gasteiger partial charge in [0, 0.05) is 6.04 Å². The second-order valence-electron chi connectivity index (χ2n) is 3.27. The second kappa shape index (κ2) is 6.99. The molecule has 0 N–H and O–H groups in total. The molecule has 0 aromatic carbocycles. The molecule has 0 spiro atoms. The molecule has 1 nitrogen and oxygen atoms in total. The summed E-state index contributed by atoms with van der Waals surface area (Å²) < 4.78 is 0. The summed E-state index contributed by atoms with van der Waals surface area (Å²) in [6.07, 6.45) is 5.19. The van der Waals surface area contributed by atoms with Crippen molar-refractivity contribution in [2.45, 2.75) is 38.6 Å². The van der Waals surface area contributed by atoms with E-state index in [0.717, 1.165) is 11.8 Å². The number of hydrogen-bond donors (Lipinski definition) is 1. The van der Waals surface area contributed by atoms with E-state index in [9.17, 15) is 0 Å². The minimum atomic E-state index is 0.743. The van der Waals surface area contributed by atoms with Gasteiger partial charge in [-0.15, -0.1) is 0 Å². The molecule has 1 unspecified atom stereocenters. The van der Waals surface area contributed by atoms with Gasteiger partial charge in [0.25, 0.3) is 0 Å². The van der Waals surface area contributed by atoms with Gasteiger partial charge in [-0.1, -0.05) is 19.8 Å². The molecule has 0 fully saturated rings. The van der Waals surface area contributed by atoms with Crippen molar-refractivity contribution in [2.24, 2.45) is 0 Å². The first-order valence-corrected chi connectivity index (χ1v) is 5.12. The van der Waals surface area contributed by atoms with Gasteiger partial charge in [0.2, 0.25) is 0 Å². The van der Waals surface area contributed by atoms with Gasteiger partial charge in [-0.3, -0.25) is 0 Å². The van der Waals surface area contributed by atoms with Crippen LogP contribution >= 0.6 is 12.6 Å². The fraction of sp³-hybridized carbons (Fsp3) is 1.00. The molecular formula is C9H21NS. The molecule has 0 aliphatic carbocycles. The van der Waals surface area contributed by atoms with Gasteiger partial charge in [0.1, 0.15) is 0 Å². The van der Waals surface area contributed by atoms with Crippen molar-refractivity contribution in [3.63, 3.8) is 0 Å². The Bertz CT molecular complexity index is 83.6. The molecule has 0 amide bonds. The van der Waals surface area contributed by atoms with Crippen LogP contribution in [0.25, 0.3) is 0 Å². The topological polar surface area (TPSA) is 3.24 Å². The predicted octanol–water partition coefficient (Wildman–Crippen LogP) is 2.43. The highest BCUT2D eigenvalue weighted by atomic mass is 32.1. The summed E-state index contributed by atoms with van der Waals surface area (Å²) in [6, 6.07) is 0.743. The molecule has 11 heavy (non-hydrogen) atoms. The minimum absolute atomic E-state index is 0.743. The summed E-state index contributed by atoms with van der Waals surface area (Å²) >= 11 is 4.25. The third kappa shape index (κ3) is 5.57. The molecule has 0 aromatic heterocycles. The first-order valence-electron chi connectivity index (χ1n) is 4.49. The zero-order valence-corrected chi connectivity index (χ0v) is 8.90. The smallest absolute Gasteiger partial charge is 0.00969 e. The van der Waals surface area contributed by atoms with Crippen LogP contribution in [0.4, 0.5) is 0 Å². The Morgan fingerprint density at radius 2 is 1.91 bits per heavy atom. The van der Waals surface area contributed by atoms with Gasteiger partial charge in [0.05, 0.1) is 0 Å². The number of hydrogen-bond acceptors (Lipinski definition) is 2. The lowest BCUT2D eigenvalue weighted by Gasteiger charge is -2.23. The van der Waals surface area contributed by atoms with Crippen LogP contribution in [0.3, 0.4) is 0 Å². The van der Waals surface area contributed by atoms with Gasteiger partial charge in [-0.2, -0.15) is 12.6 Å². The van der Waals surface area contributed by atoms with Gasteiger partial charge in [-0.05, 0) is 32.7 Å². The zero-order chi connectivity index (χ0) is 8.69. The van der Waals surface area contributed by atoms with Gasteiger partial charge < -0.3 is 4.90 Å². The third-order valence-corrected chi connectivity index (χ3v) is 2.34. The van der Waals surface area contributed by atoms with Crippen LogP contribution in [-0.4, -0.2) is 30.8 Å². The lowest BCUT2D eigenvalue weighted by molar-refractivity contribution is 0.268. The van der Waals surface area contributed by atoms with E-state index >= 15 is 0 Å². The van der Waals surface area contributed by atoms with E-state index in [0.29, 0.717) is 0 Å². The summed E-state index contributed by atoms with van der Waals surface area (Å²) in [4.78, 5) is 2.31. The van der Waals surface area contributed by atoms with E-state index in [1.807, 2.05) is 0 Å². The van der Waals surface area contributed by atoms with Crippen molar-refractivity contribution in [3.05, 3.63) is 0 Å².